The number of rotatable bonds is 1. The van der Waals surface area contributed by atoms with Crippen LogP contribution >= 0.6 is 0 Å². The van der Waals surface area contributed by atoms with Crippen molar-refractivity contribution < 1.29 is 38.5 Å². The summed E-state index contributed by atoms with van der Waals surface area (Å²) in [4.78, 5) is 53.8. The third-order valence-electron chi connectivity index (χ3n) is 6.95. The third kappa shape index (κ3) is 6.08. The van der Waals surface area contributed by atoms with Crippen molar-refractivity contribution in [3.8, 4) is 5.75 Å². The van der Waals surface area contributed by atoms with Gasteiger partial charge in [0.2, 0.25) is 5.91 Å². The number of aliphatic carboxylic acids is 1. The molecule has 3 unspecified atom stereocenters. The fourth-order valence-corrected chi connectivity index (χ4v) is 4.93. The van der Waals surface area contributed by atoms with Gasteiger partial charge in [0.15, 0.2) is 0 Å². The maximum absolute atomic E-state index is 13.5. The molecule has 11 heteroatoms. The van der Waals surface area contributed by atoms with Crippen LogP contribution in [0.2, 0.25) is 0 Å². The summed E-state index contributed by atoms with van der Waals surface area (Å²) in [6.45, 7) is 6.60. The molecule has 3 aliphatic rings. The average molecular weight is 518 g/mol. The number of ether oxygens (including phenoxy) is 3. The summed E-state index contributed by atoms with van der Waals surface area (Å²) in [6.07, 6.45) is 0.0182. The molecule has 11 nitrogen and oxygen atoms in total. The van der Waals surface area contributed by atoms with E-state index in [1.54, 1.807) is 25.7 Å². The van der Waals surface area contributed by atoms with Gasteiger partial charge < -0.3 is 29.5 Å². The minimum atomic E-state index is -1.20. The van der Waals surface area contributed by atoms with Crippen LogP contribution in [0, 0.1) is 5.41 Å². The molecule has 4 rings (SSSR count). The number of hydrogen-bond donors (Lipinski definition) is 2. The van der Waals surface area contributed by atoms with Crippen LogP contribution in [0.3, 0.4) is 0 Å². The van der Waals surface area contributed by atoms with Crippen molar-refractivity contribution >= 4 is 24.1 Å². The molecule has 3 heterocycles. The molecule has 0 aliphatic carbocycles. The Morgan fingerprint density at radius 1 is 1.05 bits per heavy atom. The number of alkyl carbamates (subject to hydrolysis) is 1. The Morgan fingerprint density at radius 2 is 1.78 bits per heavy atom. The van der Waals surface area contributed by atoms with Gasteiger partial charge in [0.1, 0.15) is 23.9 Å². The number of amides is 3. The number of carbonyl (C=O) groups excluding carboxylic acids is 3. The van der Waals surface area contributed by atoms with E-state index < -0.39 is 47.7 Å². The predicted octanol–water partition coefficient (Wildman–Crippen LogP) is 2.90. The van der Waals surface area contributed by atoms with E-state index in [2.05, 4.69) is 5.32 Å². The van der Waals surface area contributed by atoms with E-state index in [1.165, 1.54) is 4.90 Å². The zero-order chi connectivity index (χ0) is 26.7. The van der Waals surface area contributed by atoms with Crippen LogP contribution in [0.4, 0.5) is 9.59 Å². The second-order valence-electron chi connectivity index (χ2n) is 10.8. The number of carboxylic acids is 1. The topological polar surface area (TPSA) is 135 Å². The summed E-state index contributed by atoms with van der Waals surface area (Å²) in [7, 11) is 0. The number of carbonyl (C=O) groups is 4. The van der Waals surface area contributed by atoms with Gasteiger partial charge in [-0.2, -0.15) is 0 Å². The van der Waals surface area contributed by atoms with E-state index in [9.17, 15) is 24.3 Å². The van der Waals surface area contributed by atoms with Crippen molar-refractivity contribution in [2.24, 2.45) is 5.41 Å². The van der Waals surface area contributed by atoms with Crippen LogP contribution in [0.5, 0.6) is 5.75 Å². The lowest BCUT2D eigenvalue weighted by atomic mass is 9.85. The molecule has 1 aromatic rings. The van der Waals surface area contributed by atoms with Gasteiger partial charge >= 0.3 is 18.2 Å². The van der Waals surface area contributed by atoms with Gasteiger partial charge in [-0.3, -0.25) is 9.69 Å². The highest BCUT2D eigenvalue weighted by Crippen LogP contribution is 2.33. The molecule has 1 fully saturated rings. The van der Waals surface area contributed by atoms with Crippen molar-refractivity contribution in [2.45, 2.75) is 77.7 Å². The van der Waals surface area contributed by atoms with Crippen molar-refractivity contribution in [1.82, 2.24) is 15.1 Å². The van der Waals surface area contributed by atoms with Crippen molar-refractivity contribution in [2.75, 3.05) is 19.8 Å². The summed E-state index contributed by atoms with van der Waals surface area (Å²) < 4.78 is 16.9. The van der Waals surface area contributed by atoms with E-state index in [-0.39, 0.29) is 19.6 Å². The summed E-state index contributed by atoms with van der Waals surface area (Å²) in [6, 6.07) is 3.49. The largest absolute Gasteiger partial charge is 0.493 e. The smallest absolute Gasteiger partial charge is 0.410 e. The molecule has 37 heavy (non-hydrogen) atoms. The minimum absolute atomic E-state index is 0.0384. The first-order valence-electron chi connectivity index (χ1n) is 12.7. The Morgan fingerprint density at radius 3 is 2.49 bits per heavy atom. The Bertz CT molecular complexity index is 1050. The molecular weight excluding hydrogens is 482 g/mol. The Balaban J connectivity index is 1.57. The summed E-state index contributed by atoms with van der Waals surface area (Å²) in [5.41, 5.74) is 1.17. The van der Waals surface area contributed by atoms with Crippen LogP contribution in [0.1, 0.15) is 57.6 Å². The van der Waals surface area contributed by atoms with Gasteiger partial charge in [0, 0.05) is 18.5 Å². The highest BCUT2D eigenvalue weighted by Gasteiger charge is 2.46. The SMILES string of the molecule is CC(C)(C)C1NC(=O)OCCCCCOc2cccc3c2CN(C3)C(=O)OC2CC(C(=O)O)N(C2)C1=O. The quantitative estimate of drug-likeness (QED) is 0.581. The van der Waals surface area contributed by atoms with Gasteiger partial charge in [-0.25, -0.2) is 14.4 Å². The molecular formula is C26H35N3O8. The van der Waals surface area contributed by atoms with Crippen LogP contribution in [-0.4, -0.2) is 76.9 Å². The Hall–Kier alpha value is -3.50. The third-order valence-corrected chi connectivity index (χ3v) is 6.95. The molecule has 3 amide bonds. The standard InChI is InChI=1S/C26H35N3O8/c1-26(2,3)21-22(30)29-14-17(12-19(29)23(31)32)37-25(34)28-13-16-8-7-9-20(18(16)15-28)35-10-5-4-6-11-36-24(33)27-21/h7-9,17,19,21H,4-6,10-15H2,1-3H3,(H,27,33)(H,31,32). The zero-order valence-electron chi connectivity index (χ0n) is 21.5. The fourth-order valence-electron chi connectivity index (χ4n) is 4.93. The van der Waals surface area contributed by atoms with E-state index >= 15 is 0 Å². The van der Waals surface area contributed by atoms with E-state index in [1.807, 2.05) is 18.2 Å². The molecule has 1 saturated heterocycles. The Kier molecular flexibility index (Phi) is 7.79. The molecule has 0 saturated carbocycles. The molecule has 0 aromatic heterocycles. The molecule has 1 aromatic carbocycles. The zero-order valence-corrected chi connectivity index (χ0v) is 21.5. The van der Waals surface area contributed by atoms with Gasteiger partial charge in [0.25, 0.3) is 0 Å². The van der Waals surface area contributed by atoms with Crippen LogP contribution in [0.15, 0.2) is 18.2 Å². The van der Waals surface area contributed by atoms with Crippen molar-refractivity contribution in [1.29, 1.82) is 0 Å². The highest BCUT2D eigenvalue weighted by atomic mass is 16.6. The van der Waals surface area contributed by atoms with Crippen LogP contribution < -0.4 is 10.1 Å². The molecule has 0 spiro atoms. The normalized spacial score (nSPS) is 25.6. The lowest BCUT2D eigenvalue weighted by Crippen LogP contribution is -2.57. The number of benzene rings is 1. The first kappa shape index (κ1) is 26.6. The second kappa shape index (κ2) is 10.9. The van der Waals surface area contributed by atoms with Gasteiger partial charge in [-0.15, -0.1) is 0 Å². The average Bonchev–Trinajstić information content (AvgIpc) is 3.45. The minimum Gasteiger partial charge on any atom is -0.493 e. The molecule has 3 atom stereocenters. The number of hydrogen-bond acceptors (Lipinski definition) is 7. The second-order valence-corrected chi connectivity index (χ2v) is 10.8. The van der Waals surface area contributed by atoms with Gasteiger partial charge in [0.05, 0.1) is 26.3 Å². The van der Waals surface area contributed by atoms with Crippen molar-refractivity contribution in [3.63, 3.8) is 0 Å². The van der Waals surface area contributed by atoms with Crippen molar-refractivity contribution in [3.05, 3.63) is 29.3 Å². The summed E-state index contributed by atoms with van der Waals surface area (Å²) >= 11 is 0. The lowest BCUT2D eigenvalue weighted by molar-refractivity contribution is -0.150. The number of cyclic esters (lactones) is 1. The maximum Gasteiger partial charge on any atom is 0.410 e. The summed E-state index contributed by atoms with van der Waals surface area (Å²) in [5.74, 6) is -1.04. The first-order valence-corrected chi connectivity index (χ1v) is 12.7. The number of nitrogens with one attached hydrogen (secondary N) is 1. The highest BCUT2D eigenvalue weighted by molar-refractivity contribution is 5.90. The van der Waals surface area contributed by atoms with E-state index in [0.717, 1.165) is 29.7 Å². The molecule has 202 valence electrons. The predicted molar refractivity (Wildman–Crippen MR) is 131 cm³/mol. The number of nitrogens with zero attached hydrogens (tertiary/aromatic N) is 2. The van der Waals surface area contributed by atoms with Crippen LogP contribution in [0.25, 0.3) is 0 Å². The molecule has 0 radical (unpaired) electrons. The van der Waals surface area contributed by atoms with E-state index in [4.69, 9.17) is 14.2 Å². The lowest BCUT2D eigenvalue weighted by Gasteiger charge is -2.34. The molecule has 3 aliphatic heterocycles. The fraction of sp³-hybridized carbons (Fsp3) is 0.615. The monoisotopic (exact) mass is 517 g/mol. The van der Waals surface area contributed by atoms with Gasteiger partial charge in [-0.1, -0.05) is 32.9 Å². The van der Waals surface area contributed by atoms with E-state index in [0.29, 0.717) is 26.1 Å². The number of carboxylic acid groups (broad SMARTS) is 1. The maximum atomic E-state index is 13.5. The Labute approximate surface area is 216 Å². The van der Waals surface area contributed by atoms with Crippen LogP contribution in [-0.2, 0) is 32.2 Å². The number of fused-ring (bicyclic) bond motifs is 3. The molecule has 2 N–H and O–H groups in total. The summed E-state index contributed by atoms with van der Waals surface area (Å²) in [5, 5.41) is 12.4. The molecule has 4 bridgehead atoms. The van der Waals surface area contributed by atoms with Gasteiger partial charge in [-0.05, 0) is 36.3 Å². The first-order chi connectivity index (χ1) is 17.5.